The van der Waals surface area contributed by atoms with Crippen LogP contribution in [0.3, 0.4) is 0 Å². The highest BCUT2D eigenvalue weighted by atomic mass is 16.5. The van der Waals surface area contributed by atoms with Crippen molar-refractivity contribution in [3.05, 3.63) is 41.2 Å². The lowest BCUT2D eigenvalue weighted by Crippen LogP contribution is -2.24. The van der Waals surface area contributed by atoms with Gasteiger partial charge in [0.1, 0.15) is 11.5 Å². The Balaban J connectivity index is 1.84. The number of carbonyl (C=O) groups excluding carboxylic acids is 1. The van der Waals surface area contributed by atoms with E-state index in [0.29, 0.717) is 17.2 Å². The molecule has 0 unspecified atom stereocenters. The van der Waals surface area contributed by atoms with Crippen LogP contribution in [-0.4, -0.2) is 22.1 Å². The SMILES string of the molecule is Cc1cc(CC(=O)NCc2ccc(C(=O)O)o2)no1. The summed E-state index contributed by atoms with van der Waals surface area (Å²) in [4.78, 5) is 22.2. The number of carboxylic acid groups (broad SMARTS) is 1. The van der Waals surface area contributed by atoms with Crippen LogP contribution in [0.4, 0.5) is 0 Å². The number of aromatic nitrogens is 1. The van der Waals surface area contributed by atoms with Gasteiger partial charge in [-0.2, -0.15) is 0 Å². The topological polar surface area (TPSA) is 106 Å². The number of carbonyl (C=O) groups is 2. The lowest BCUT2D eigenvalue weighted by molar-refractivity contribution is -0.120. The third-order valence-corrected chi connectivity index (χ3v) is 2.35. The molecule has 2 aromatic heterocycles. The molecule has 0 atom stereocenters. The predicted molar refractivity (Wildman–Crippen MR) is 62.5 cm³/mol. The van der Waals surface area contributed by atoms with Crippen LogP contribution in [0.25, 0.3) is 0 Å². The summed E-state index contributed by atoms with van der Waals surface area (Å²) in [6.07, 6.45) is 0.101. The first kappa shape index (κ1) is 12.9. The lowest BCUT2D eigenvalue weighted by Gasteiger charge is -2.00. The van der Waals surface area contributed by atoms with Crippen LogP contribution in [0.15, 0.2) is 27.1 Å². The van der Waals surface area contributed by atoms with Crippen LogP contribution in [0, 0.1) is 6.92 Å². The quantitative estimate of drug-likeness (QED) is 0.838. The maximum Gasteiger partial charge on any atom is 0.371 e. The van der Waals surface area contributed by atoms with E-state index in [0.717, 1.165) is 0 Å². The number of carboxylic acids is 1. The van der Waals surface area contributed by atoms with Crippen molar-refractivity contribution in [1.29, 1.82) is 0 Å². The molecule has 2 heterocycles. The zero-order valence-electron chi connectivity index (χ0n) is 10.2. The van der Waals surface area contributed by atoms with Gasteiger partial charge in [-0.25, -0.2) is 4.79 Å². The Kier molecular flexibility index (Phi) is 3.65. The highest BCUT2D eigenvalue weighted by Gasteiger charge is 2.11. The number of hydrogen-bond donors (Lipinski definition) is 2. The van der Waals surface area contributed by atoms with Crippen molar-refractivity contribution >= 4 is 11.9 Å². The molecule has 0 bridgehead atoms. The van der Waals surface area contributed by atoms with Crippen LogP contribution in [0.2, 0.25) is 0 Å². The van der Waals surface area contributed by atoms with Gasteiger partial charge in [0, 0.05) is 6.07 Å². The largest absolute Gasteiger partial charge is 0.475 e. The summed E-state index contributed by atoms with van der Waals surface area (Å²) in [5.41, 5.74) is 0.542. The summed E-state index contributed by atoms with van der Waals surface area (Å²) in [5.74, 6) is -0.532. The van der Waals surface area contributed by atoms with Gasteiger partial charge in [-0.05, 0) is 19.1 Å². The normalized spacial score (nSPS) is 10.4. The molecule has 0 aliphatic heterocycles. The van der Waals surface area contributed by atoms with Gasteiger partial charge in [0.15, 0.2) is 0 Å². The predicted octanol–water partition coefficient (Wildman–Crippen LogP) is 1.13. The van der Waals surface area contributed by atoms with E-state index in [1.54, 1.807) is 13.0 Å². The minimum absolute atomic E-state index is 0.101. The van der Waals surface area contributed by atoms with Crippen molar-refractivity contribution in [2.75, 3.05) is 0 Å². The van der Waals surface area contributed by atoms with Crippen molar-refractivity contribution in [2.24, 2.45) is 0 Å². The average Bonchev–Trinajstić information content (AvgIpc) is 2.96. The summed E-state index contributed by atoms with van der Waals surface area (Å²) >= 11 is 0. The zero-order valence-corrected chi connectivity index (χ0v) is 10.2. The lowest BCUT2D eigenvalue weighted by atomic mass is 10.3. The van der Waals surface area contributed by atoms with Gasteiger partial charge < -0.3 is 19.4 Å². The van der Waals surface area contributed by atoms with Gasteiger partial charge in [0.25, 0.3) is 0 Å². The standard InChI is InChI=1S/C12H12N2O5/c1-7-4-8(14-19-7)5-11(15)13-6-9-2-3-10(18-9)12(16)17/h2-4H,5-6H2,1H3,(H,13,15)(H,16,17). The number of nitrogens with zero attached hydrogens (tertiary/aromatic N) is 1. The molecule has 7 heteroatoms. The van der Waals surface area contributed by atoms with E-state index in [1.165, 1.54) is 12.1 Å². The first-order valence-electron chi connectivity index (χ1n) is 5.55. The molecule has 0 saturated carbocycles. The van der Waals surface area contributed by atoms with Crippen LogP contribution in [0.5, 0.6) is 0 Å². The van der Waals surface area contributed by atoms with Gasteiger partial charge in [-0.15, -0.1) is 0 Å². The fourth-order valence-corrected chi connectivity index (χ4v) is 1.50. The molecular weight excluding hydrogens is 252 g/mol. The maximum absolute atomic E-state index is 11.6. The summed E-state index contributed by atoms with van der Waals surface area (Å²) in [5, 5.41) is 15.0. The van der Waals surface area contributed by atoms with Gasteiger partial charge in [0.2, 0.25) is 11.7 Å². The molecular formula is C12H12N2O5. The molecule has 0 aliphatic carbocycles. The van der Waals surface area contributed by atoms with E-state index in [2.05, 4.69) is 10.5 Å². The van der Waals surface area contributed by atoms with Gasteiger partial charge in [0.05, 0.1) is 18.7 Å². The second-order valence-electron chi connectivity index (χ2n) is 3.95. The smallest absolute Gasteiger partial charge is 0.371 e. The number of furan rings is 1. The monoisotopic (exact) mass is 264 g/mol. The van der Waals surface area contributed by atoms with Crippen molar-refractivity contribution in [3.63, 3.8) is 0 Å². The Morgan fingerprint density at radius 2 is 2.21 bits per heavy atom. The van der Waals surface area contributed by atoms with Crippen LogP contribution >= 0.6 is 0 Å². The highest BCUT2D eigenvalue weighted by molar-refractivity contribution is 5.84. The molecule has 0 radical (unpaired) electrons. The fourth-order valence-electron chi connectivity index (χ4n) is 1.50. The number of aryl methyl sites for hydroxylation is 1. The van der Waals surface area contributed by atoms with E-state index < -0.39 is 5.97 Å². The molecule has 7 nitrogen and oxygen atoms in total. The molecule has 0 aliphatic rings. The molecule has 0 spiro atoms. The van der Waals surface area contributed by atoms with Crippen LogP contribution < -0.4 is 5.32 Å². The fraction of sp³-hybridized carbons (Fsp3) is 0.250. The molecule has 0 aromatic carbocycles. The maximum atomic E-state index is 11.6. The van der Waals surface area contributed by atoms with Crippen molar-refractivity contribution in [2.45, 2.75) is 19.9 Å². The van der Waals surface area contributed by atoms with E-state index in [9.17, 15) is 9.59 Å². The average molecular weight is 264 g/mol. The first-order valence-corrected chi connectivity index (χ1v) is 5.55. The van der Waals surface area contributed by atoms with E-state index >= 15 is 0 Å². The molecule has 1 amide bonds. The minimum atomic E-state index is -1.14. The third-order valence-electron chi connectivity index (χ3n) is 2.35. The van der Waals surface area contributed by atoms with Crippen molar-refractivity contribution in [3.8, 4) is 0 Å². The second-order valence-corrected chi connectivity index (χ2v) is 3.95. The summed E-state index contributed by atoms with van der Waals surface area (Å²) in [6, 6.07) is 4.52. The third kappa shape index (κ3) is 3.44. The summed E-state index contributed by atoms with van der Waals surface area (Å²) < 4.78 is 9.85. The van der Waals surface area contributed by atoms with E-state index in [4.69, 9.17) is 14.0 Å². The molecule has 0 saturated heterocycles. The second kappa shape index (κ2) is 5.38. The Morgan fingerprint density at radius 1 is 1.42 bits per heavy atom. The molecule has 2 aromatic rings. The van der Waals surface area contributed by atoms with Gasteiger partial charge >= 0.3 is 5.97 Å². The van der Waals surface area contributed by atoms with Crippen molar-refractivity contribution < 1.29 is 23.6 Å². The van der Waals surface area contributed by atoms with E-state index in [-0.39, 0.29) is 24.6 Å². The highest BCUT2D eigenvalue weighted by Crippen LogP contribution is 2.07. The summed E-state index contributed by atoms with van der Waals surface area (Å²) in [6.45, 7) is 1.87. The number of nitrogens with one attached hydrogen (secondary N) is 1. The minimum Gasteiger partial charge on any atom is -0.475 e. The first-order chi connectivity index (χ1) is 9.04. The Labute approximate surface area is 108 Å². The van der Waals surface area contributed by atoms with E-state index in [1.807, 2.05) is 0 Å². The summed E-state index contributed by atoms with van der Waals surface area (Å²) in [7, 11) is 0. The van der Waals surface area contributed by atoms with Crippen LogP contribution in [-0.2, 0) is 17.8 Å². The molecule has 0 fully saturated rings. The molecule has 19 heavy (non-hydrogen) atoms. The van der Waals surface area contributed by atoms with Gasteiger partial charge in [-0.1, -0.05) is 5.16 Å². The molecule has 100 valence electrons. The zero-order chi connectivity index (χ0) is 13.8. The number of amides is 1. The number of aromatic carboxylic acids is 1. The number of hydrogen-bond acceptors (Lipinski definition) is 5. The number of rotatable bonds is 5. The molecule has 2 rings (SSSR count). The Bertz CT molecular complexity index is 599. The van der Waals surface area contributed by atoms with Gasteiger partial charge in [-0.3, -0.25) is 4.79 Å². The Hall–Kier alpha value is -2.57. The van der Waals surface area contributed by atoms with Crippen LogP contribution in [0.1, 0.15) is 27.8 Å². The Morgan fingerprint density at radius 3 is 2.79 bits per heavy atom. The van der Waals surface area contributed by atoms with Crippen molar-refractivity contribution in [1.82, 2.24) is 10.5 Å². The molecule has 2 N–H and O–H groups in total.